The van der Waals surface area contributed by atoms with Crippen molar-refractivity contribution in [2.24, 2.45) is 23.7 Å². The Morgan fingerprint density at radius 2 is 1.86 bits per heavy atom. The number of aliphatic hydroxyl groups excluding tert-OH is 2. The van der Waals surface area contributed by atoms with E-state index in [9.17, 15) is 20.1 Å². The number of allylic oxidation sites excluding steroid dienone is 5. The summed E-state index contributed by atoms with van der Waals surface area (Å²) in [6, 6.07) is 0. The van der Waals surface area contributed by atoms with Crippen LogP contribution in [0.5, 0.6) is 0 Å². The fraction of sp³-hybridized carbons (Fsp3) is 0.694. The van der Waals surface area contributed by atoms with E-state index in [0.717, 1.165) is 12.0 Å². The van der Waals surface area contributed by atoms with Gasteiger partial charge in [0.2, 0.25) is 0 Å². The van der Waals surface area contributed by atoms with E-state index in [1.54, 1.807) is 13.0 Å². The van der Waals surface area contributed by atoms with Crippen LogP contribution in [0.4, 0.5) is 0 Å². The normalized spacial score (nSPS) is 46.8. The standard InChI is InChI=1S/C36H52O8/c1-20(2)13-24(6)32-25(7)30(37)18-35(44-32)17-28-16-27(43-35)12-11-22(4)14-21(3)9-8-10-26-19-41-33-31(38)23(5)15-29(34(39)42-28)36(26,33)40/h8-11,13,15,20-21,25,27-33,37-38,40H,12,14,16-19H2,1-7H3/b9-8+,22-11+,24-13+,26-10+/t21-,25-,27+,28-,29-,30-,31+,32+,33+,35+,36+/m0/s1. The number of aliphatic hydroxyl groups is 3. The molecule has 3 saturated heterocycles. The third kappa shape index (κ3) is 6.58. The molecule has 5 aliphatic rings. The molecular weight excluding hydrogens is 560 g/mol. The van der Waals surface area contributed by atoms with Crippen LogP contribution in [0, 0.1) is 23.7 Å². The zero-order valence-corrected chi connectivity index (χ0v) is 27.4. The van der Waals surface area contributed by atoms with E-state index in [1.807, 2.05) is 26.0 Å². The van der Waals surface area contributed by atoms with Gasteiger partial charge in [-0.1, -0.05) is 69.7 Å². The van der Waals surface area contributed by atoms with Gasteiger partial charge in [-0.25, -0.2) is 0 Å². The number of carbonyl (C=O) groups excluding carboxylic acids is 1. The minimum Gasteiger partial charge on any atom is -0.462 e. The van der Waals surface area contributed by atoms with Crippen molar-refractivity contribution in [1.29, 1.82) is 0 Å². The first kappa shape index (κ1) is 33.3. The lowest BCUT2D eigenvalue weighted by atomic mass is 9.71. The topological polar surface area (TPSA) is 115 Å². The van der Waals surface area contributed by atoms with Crippen molar-refractivity contribution in [1.82, 2.24) is 0 Å². The average molecular weight is 613 g/mol. The molecule has 8 heteroatoms. The molecule has 0 amide bonds. The Morgan fingerprint density at radius 1 is 1.11 bits per heavy atom. The Balaban J connectivity index is 1.52. The molecule has 2 bridgehead atoms. The molecule has 0 saturated carbocycles. The van der Waals surface area contributed by atoms with E-state index in [2.05, 4.69) is 45.9 Å². The Kier molecular flexibility index (Phi) is 9.82. The molecule has 4 aliphatic heterocycles. The summed E-state index contributed by atoms with van der Waals surface area (Å²) in [5.41, 5.74) is 1.64. The SMILES string of the molecule is CC1=C[C@H]2C(=O)O[C@H]3C[C@@H](C/C=C(\C)C[C@@H](C)/C=C/C=C4\CO[C@H]([C@@H]1O)[C@@]42O)O[C@@]1(C3)C[C@H](O)[C@H](C)[C@@H](/C(C)=C/C(C)C)O1. The van der Waals surface area contributed by atoms with Gasteiger partial charge in [0.25, 0.3) is 0 Å². The molecule has 244 valence electrons. The van der Waals surface area contributed by atoms with Gasteiger partial charge in [0.1, 0.15) is 29.8 Å². The molecule has 1 spiro atoms. The van der Waals surface area contributed by atoms with Crippen LogP contribution < -0.4 is 0 Å². The van der Waals surface area contributed by atoms with Crippen molar-refractivity contribution >= 4 is 5.97 Å². The molecule has 44 heavy (non-hydrogen) atoms. The molecule has 1 aliphatic carbocycles. The zero-order valence-electron chi connectivity index (χ0n) is 27.4. The highest BCUT2D eigenvalue weighted by Crippen LogP contribution is 2.47. The summed E-state index contributed by atoms with van der Waals surface area (Å²) in [6.07, 6.45) is 10.4. The second-order valence-corrected chi connectivity index (χ2v) is 14.4. The smallest absolute Gasteiger partial charge is 0.316 e. The Morgan fingerprint density at radius 3 is 2.59 bits per heavy atom. The molecular formula is C36H52O8. The fourth-order valence-corrected chi connectivity index (χ4v) is 7.85. The lowest BCUT2D eigenvalue weighted by Gasteiger charge is -2.51. The molecule has 0 aromatic rings. The minimum absolute atomic E-state index is 0.109. The fourth-order valence-electron chi connectivity index (χ4n) is 7.85. The number of carbonyl (C=O) groups is 1. The zero-order chi connectivity index (χ0) is 32.0. The van der Waals surface area contributed by atoms with Crippen LogP contribution in [0.1, 0.15) is 80.6 Å². The maximum Gasteiger partial charge on any atom is 0.316 e. The highest BCUT2D eigenvalue weighted by Gasteiger charge is 2.60. The summed E-state index contributed by atoms with van der Waals surface area (Å²) in [5.74, 6) is -2.31. The number of esters is 1. The summed E-state index contributed by atoms with van der Waals surface area (Å²) >= 11 is 0. The van der Waals surface area contributed by atoms with Crippen molar-refractivity contribution in [2.75, 3.05) is 6.61 Å². The number of hydrogen-bond donors (Lipinski definition) is 3. The van der Waals surface area contributed by atoms with Gasteiger partial charge in [0.05, 0.1) is 24.9 Å². The molecule has 11 atom stereocenters. The molecule has 0 radical (unpaired) electrons. The number of ether oxygens (including phenoxy) is 4. The van der Waals surface area contributed by atoms with E-state index in [1.165, 1.54) is 5.57 Å². The van der Waals surface area contributed by atoms with Gasteiger partial charge in [0, 0.05) is 25.2 Å². The van der Waals surface area contributed by atoms with Gasteiger partial charge >= 0.3 is 5.97 Å². The molecule has 0 aromatic heterocycles. The van der Waals surface area contributed by atoms with Crippen molar-refractivity contribution in [3.8, 4) is 0 Å². The van der Waals surface area contributed by atoms with Crippen molar-refractivity contribution in [2.45, 2.75) is 129 Å². The highest BCUT2D eigenvalue weighted by molar-refractivity contribution is 5.78. The van der Waals surface area contributed by atoms with Crippen LogP contribution in [-0.4, -0.2) is 75.9 Å². The maximum absolute atomic E-state index is 14.0. The van der Waals surface area contributed by atoms with Gasteiger partial charge in [-0.15, -0.1) is 0 Å². The molecule has 3 N–H and O–H groups in total. The largest absolute Gasteiger partial charge is 0.462 e. The molecule has 0 unspecified atom stereocenters. The lowest BCUT2D eigenvalue weighted by molar-refractivity contribution is -0.342. The Labute approximate surface area is 262 Å². The third-order valence-corrected chi connectivity index (χ3v) is 10.1. The van der Waals surface area contributed by atoms with Gasteiger partial charge in [-0.3, -0.25) is 4.79 Å². The van der Waals surface area contributed by atoms with Gasteiger partial charge in [0.15, 0.2) is 5.79 Å². The van der Waals surface area contributed by atoms with Crippen LogP contribution in [0.15, 0.2) is 58.7 Å². The summed E-state index contributed by atoms with van der Waals surface area (Å²) in [6.45, 7) is 14.4. The Bertz CT molecular complexity index is 1240. The molecule has 3 fully saturated rings. The Hall–Kier alpha value is -2.07. The predicted molar refractivity (Wildman–Crippen MR) is 167 cm³/mol. The third-order valence-electron chi connectivity index (χ3n) is 10.1. The summed E-state index contributed by atoms with van der Waals surface area (Å²) in [5, 5.41) is 34.3. The maximum atomic E-state index is 14.0. The quantitative estimate of drug-likeness (QED) is 0.292. The van der Waals surface area contributed by atoms with Crippen LogP contribution in [0.2, 0.25) is 0 Å². The number of fused-ring (bicyclic) bond motifs is 2. The molecule has 5 rings (SSSR count). The minimum atomic E-state index is -1.74. The van der Waals surface area contributed by atoms with Gasteiger partial charge < -0.3 is 34.3 Å². The van der Waals surface area contributed by atoms with Crippen LogP contribution in [0.25, 0.3) is 0 Å². The van der Waals surface area contributed by atoms with E-state index >= 15 is 0 Å². The van der Waals surface area contributed by atoms with Crippen LogP contribution >= 0.6 is 0 Å². The highest BCUT2D eigenvalue weighted by atomic mass is 16.7. The molecule has 8 nitrogen and oxygen atoms in total. The lowest BCUT2D eigenvalue weighted by Crippen LogP contribution is -2.59. The first-order chi connectivity index (χ1) is 20.7. The second kappa shape index (κ2) is 13.0. The first-order valence-corrected chi connectivity index (χ1v) is 16.4. The van der Waals surface area contributed by atoms with Gasteiger partial charge in [-0.05, 0) is 62.2 Å². The molecule has 0 aromatic carbocycles. The predicted octanol–water partition coefficient (Wildman–Crippen LogP) is 5.09. The van der Waals surface area contributed by atoms with Crippen LogP contribution in [0.3, 0.4) is 0 Å². The van der Waals surface area contributed by atoms with E-state index in [4.69, 9.17) is 18.9 Å². The summed E-state index contributed by atoms with van der Waals surface area (Å²) < 4.78 is 25.7. The van der Waals surface area contributed by atoms with E-state index in [0.29, 0.717) is 29.9 Å². The van der Waals surface area contributed by atoms with Crippen molar-refractivity contribution in [3.63, 3.8) is 0 Å². The second-order valence-electron chi connectivity index (χ2n) is 14.4. The first-order valence-electron chi connectivity index (χ1n) is 16.4. The number of rotatable bonds is 2. The monoisotopic (exact) mass is 612 g/mol. The van der Waals surface area contributed by atoms with Gasteiger partial charge in [-0.2, -0.15) is 0 Å². The van der Waals surface area contributed by atoms with Crippen LogP contribution in [-0.2, 0) is 23.7 Å². The van der Waals surface area contributed by atoms with E-state index < -0.39 is 47.7 Å². The number of hydrogen-bond acceptors (Lipinski definition) is 8. The van der Waals surface area contributed by atoms with E-state index in [-0.39, 0.29) is 43.5 Å². The van der Waals surface area contributed by atoms with Crippen molar-refractivity contribution < 1.29 is 39.1 Å². The molecule has 4 heterocycles. The summed E-state index contributed by atoms with van der Waals surface area (Å²) in [4.78, 5) is 14.0. The summed E-state index contributed by atoms with van der Waals surface area (Å²) in [7, 11) is 0. The van der Waals surface area contributed by atoms with Crippen molar-refractivity contribution in [3.05, 3.63) is 58.7 Å². The average Bonchev–Trinajstić information content (AvgIpc) is 3.27.